The van der Waals surface area contributed by atoms with E-state index in [1.54, 1.807) is 17.7 Å². The van der Waals surface area contributed by atoms with Gasteiger partial charge in [0.15, 0.2) is 0 Å². The van der Waals surface area contributed by atoms with Crippen LogP contribution in [0.5, 0.6) is 0 Å². The van der Waals surface area contributed by atoms with Gasteiger partial charge in [-0.2, -0.15) is 0 Å². The molecule has 0 aliphatic carbocycles. The lowest BCUT2D eigenvalue weighted by molar-refractivity contribution is 0.641. The summed E-state index contributed by atoms with van der Waals surface area (Å²) in [6.45, 7) is 8.19. The van der Waals surface area contributed by atoms with Crippen LogP contribution in [0.25, 0.3) is 0 Å². The molecule has 0 saturated carbocycles. The molecule has 0 spiro atoms. The van der Waals surface area contributed by atoms with E-state index in [9.17, 15) is 4.79 Å². The van der Waals surface area contributed by atoms with Gasteiger partial charge in [0.05, 0.1) is 5.69 Å². The van der Waals surface area contributed by atoms with Gasteiger partial charge >= 0.3 is 0 Å². The molecular weight excluding hydrogens is 176 g/mol. The molecule has 1 rings (SSSR count). The predicted molar refractivity (Wildman–Crippen MR) is 57.7 cm³/mol. The number of hydrogen-bond donors (Lipinski definition) is 0. The zero-order valence-electron chi connectivity index (χ0n) is 9.53. The van der Waals surface area contributed by atoms with Crippen LogP contribution in [0.15, 0.2) is 10.9 Å². The number of aromatic nitrogens is 2. The van der Waals surface area contributed by atoms with Crippen LogP contribution in [-0.2, 0) is 7.05 Å². The summed E-state index contributed by atoms with van der Waals surface area (Å²) in [5.74, 6) is 1.45. The Hall–Kier alpha value is -1.12. The normalized spacial score (nSPS) is 11.4. The summed E-state index contributed by atoms with van der Waals surface area (Å²) in [5.41, 5.74) is 0.921. The minimum absolute atomic E-state index is 0.0346. The van der Waals surface area contributed by atoms with Gasteiger partial charge in [-0.1, -0.05) is 27.7 Å². The standard InChI is InChI=1S/C11H18N2O/c1-7(2)9-6-10(14)13(5)11(12-9)8(3)4/h6-8H,1-5H3. The van der Waals surface area contributed by atoms with Gasteiger partial charge in [-0.05, 0) is 5.92 Å². The van der Waals surface area contributed by atoms with Crippen LogP contribution in [0.1, 0.15) is 51.0 Å². The van der Waals surface area contributed by atoms with Crippen molar-refractivity contribution < 1.29 is 0 Å². The molecular formula is C11H18N2O. The molecule has 1 aromatic rings. The first-order chi connectivity index (χ1) is 6.43. The molecule has 0 aliphatic rings. The topological polar surface area (TPSA) is 34.9 Å². The van der Waals surface area contributed by atoms with Crippen LogP contribution in [-0.4, -0.2) is 9.55 Å². The summed E-state index contributed by atoms with van der Waals surface area (Å²) >= 11 is 0. The van der Waals surface area contributed by atoms with Crippen molar-refractivity contribution in [3.8, 4) is 0 Å². The van der Waals surface area contributed by atoms with Gasteiger partial charge in [0, 0.05) is 19.0 Å². The lowest BCUT2D eigenvalue weighted by atomic mass is 10.1. The highest BCUT2D eigenvalue weighted by atomic mass is 16.1. The third-order valence-corrected chi connectivity index (χ3v) is 2.30. The third kappa shape index (κ3) is 2.03. The van der Waals surface area contributed by atoms with Crippen molar-refractivity contribution >= 4 is 0 Å². The van der Waals surface area contributed by atoms with Gasteiger partial charge in [-0.25, -0.2) is 4.98 Å². The smallest absolute Gasteiger partial charge is 0.253 e. The van der Waals surface area contributed by atoms with Crippen LogP contribution in [0, 0.1) is 0 Å². The Labute approximate surface area is 84.8 Å². The SMILES string of the molecule is CC(C)c1cc(=O)n(C)c(C(C)C)n1. The van der Waals surface area contributed by atoms with E-state index in [4.69, 9.17) is 0 Å². The minimum Gasteiger partial charge on any atom is -0.300 e. The molecule has 1 aromatic heterocycles. The molecule has 0 fully saturated rings. The van der Waals surface area contributed by atoms with Gasteiger partial charge in [0.2, 0.25) is 0 Å². The molecule has 1 heterocycles. The fraction of sp³-hybridized carbons (Fsp3) is 0.636. The molecule has 0 N–H and O–H groups in total. The van der Waals surface area contributed by atoms with E-state index in [2.05, 4.69) is 4.98 Å². The van der Waals surface area contributed by atoms with Crippen molar-refractivity contribution in [2.24, 2.45) is 7.05 Å². The minimum atomic E-state index is 0.0346. The molecule has 3 nitrogen and oxygen atoms in total. The van der Waals surface area contributed by atoms with E-state index >= 15 is 0 Å². The monoisotopic (exact) mass is 194 g/mol. The first-order valence-corrected chi connectivity index (χ1v) is 5.01. The fourth-order valence-corrected chi connectivity index (χ4v) is 1.39. The van der Waals surface area contributed by atoms with Gasteiger partial charge in [0.1, 0.15) is 5.82 Å². The number of hydrogen-bond acceptors (Lipinski definition) is 2. The molecule has 0 radical (unpaired) electrons. The summed E-state index contributed by atoms with van der Waals surface area (Å²) in [6.07, 6.45) is 0. The highest BCUT2D eigenvalue weighted by Crippen LogP contribution is 2.14. The van der Waals surface area contributed by atoms with Crippen molar-refractivity contribution in [2.75, 3.05) is 0 Å². The largest absolute Gasteiger partial charge is 0.300 e. The summed E-state index contributed by atoms with van der Waals surface area (Å²) in [4.78, 5) is 16.1. The molecule has 0 bridgehead atoms. The van der Waals surface area contributed by atoms with Crippen LogP contribution in [0.3, 0.4) is 0 Å². The second-order valence-electron chi connectivity index (χ2n) is 4.25. The second kappa shape index (κ2) is 3.95. The quantitative estimate of drug-likeness (QED) is 0.722. The lowest BCUT2D eigenvalue weighted by Crippen LogP contribution is -2.23. The number of nitrogens with zero attached hydrogens (tertiary/aromatic N) is 2. The summed E-state index contributed by atoms with van der Waals surface area (Å²) in [6, 6.07) is 1.62. The molecule has 14 heavy (non-hydrogen) atoms. The number of rotatable bonds is 2. The van der Waals surface area contributed by atoms with Crippen molar-refractivity contribution in [3.63, 3.8) is 0 Å². The Morgan fingerprint density at radius 3 is 2.21 bits per heavy atom. The maximum Gasteiger partial charge on any atom is 0.253 e. The second-order valence-corrected chi connectivity index (χ2v) is 4.25. The zero-order chi connectivity index (χ0) is 10.9. The highest BCUT2D eigenvalue weighted by Gasteiger charge is 2.10. The van der Waals surface area contributed by atoms with E-state index in [-0.39, 0.29) is 11.5 Å². The Morgan fingerprint density at radius 1 is 1.21 bits per heavy atom. The van der Waals surface area contributed by atoms with E-state index in [1.165, 1.54) is 0 Å². The maximum absolute atomic E-state index is 11.6. The van der Waals surface area contributed by atoms with E-state index in [1.807, 2.05) is 27.7 Å². The van der Waals surface area contributed by atoms with Crippen molar-refractivity contribution in [1.29, 1.82) is 0 Å². The van der Waals surface area contributed by atoms with Crippen LogP contribution in [0.2, 0.25) is 0 Å². The average molecular weight is 194 g/mol. The van der Waals surface area contributed by atoms with Crippen LogP contribution < -0.4 is 5.56 Å². The fourth-order valence-electron chi connectivity index (χ4n) is 1.39. The summed E-state index contributed by atoms with van der Waals surface area (Å²) < 4.78 is 1.62. The van der Waals surface area contributed by atoms with Gasteiger partial charge in [-0.3, -0.25) is 9.36 Å². The van der Waals surface area contributed by atoms with Crippen LogP contribution in [0.4, 0.5) is 0 Å². The molecule has 0 saturated heterocycles. The third-order valence-electron chi connectivity index (χ3n) is 2.30. The van der Waals surface area contributed by atoms with E-state index in [0.717, 1.165) is 11.5 Å². The lowest BCUT2D eigenvalue weighted by Gasteiger charge is -2.13. The molecule has 0 unspecified atom stereocenters. The molecule has 0 aromatic carbocycles. The Bertz CT molecular complexity index is 377. The molecule has 3 heteroatoms. The first kappa shape index (κ1) is 11.0. The van der Waals surface area contributed by atoms with Crippen molar-refractivity contribution in [3.05, 3.63) is 27.9 Å². The Kier molecular flexibility index (Phi) is 3.09. The molecule has 0 amide bonds. The van der Waals surface area contributed by atoms with Crippen molar-refractivity contribution in [2.45, 2.75) is 39.5 Å². The molecule has 0 atom stereocenters. The van der Waals surface area contributed by atoms with E-state index in [0.29, 0.717) is 5.92 Å². The van der Waals surface area contributed by atoms with Crippen molar-refractivity contribution in [1.82, 2.24) is 9.55 Å². The van der Waals surface area contributed by atoms with E-state index < -0.39 is 0 Å². The van der Waals surface area contributed by atoms with Gasteiger partial charge in [0.25, 0.3) is 5.56 Å². The Morgan fingerprint density at radius 2 is 1.79 bits per heavy atom. The average Bonchev–Trinajstić information content (AvgIpc) is 2.08. The maximum atomic E-state index is 11.6. The zero-order valence-corrected chi connectivity index (χ0v) is 9.53. The molecule has 0 aliphatic heterocycles. The Balaban J connectivity index is 3.36. The van der Waals surface area contributed by atoms with Gasteiger partial charge in [-0.15, -0.1) is 0 Å². The summed E-state index contributed by atoms with van der Waals surface area (Å²) in [5, 5.41) is 0. The molecule has 78 valence electrons. The highest BCUT2D eigenvalue weighted by molar-refractivity contribution is 5.09. The summed E-state index contributed by atoms with van der Waals surface area (Å²) in [7, 11) is 1.77. The predicted octanol–water partition coefficient (Wildman–Crippen LogP) is 2.03. The first-order valence-electron chi connectivity index (χ1n) is 5.01. The van der Waals surface area contributed by atoms with Gasteiger partial charge < -0.3 is 0 Å². The van der Waals surface area contributed by atoms with Crippen LogP contribution >= 0.6 is 0 Å².